The van der Waals surface area contributed by atoms with E-state index >= 15 is 0 Å². The normalized spacial score (nSPS) is 13.8. The maximum Gasteiger partial charge on any atom is 0.141 e. The molecule has 0 amide bonds. The Labute approximate surface area is 114 Å². The fourth-order valence-corrected chi connectivity index (χ4v) is 2.33. The van der Waals surface area contributed by atoms with Gasteiger partial charge >= 0.3 is 0 Å². The summed E-state index contributed by atoms with van der Waals surface area (Å²) in [5, 5.41) is 15.2. The fourth-order valence-electron chi connectivity index (χ4n) is 2.33. The first-order valence-corrected chi connectivity index (χ1v) is 7.80. The van der Waals surface area contributed by atoms with E-state index in [1.54, 1.807) is 14.1 Å². The van der Waals surface area contributed by atoms with Gasteiger partial charge in [0.1, 0.15) is 6.17 Å². The fraction of sp³-hybridized carbons (Fsp3) is 1.00. The van der Waals surface area contributed by atoms with Gasteiger partial charge in [-0.05, 0) is 6.42 Å². The number of quaternary nitrogens is 1. The molecule has 3 nitrogen and oxygen atoms in total. The van der Waals surface area contributed by atoms with Crippen molar-refractivity contribution < 1.29 is 4.65 Å². The lowest BCUT2D eigenvalue weighted by atomic mass is 10.1. The van der Waals surface area contributed by atoms with Gasteiger partial charge < -0.3 is 9.85 Å². The van der Waals surface area contributed by atoms with Gasteiger partial charge in [-0.15, -0.1) is 0 Å². The van der Waals surface area contributed by atoms with E-state index in [-0.39, 0.29) is 10.8 Å². The van der Waals surface area contributed by atoms with E-state index in [0.29, 0.717) is 0 Å². The van der Waals surface area contributed by atoms with Crippen LogP contribution in [0.4, 0.5) is 0 Å². The zero-order valence-corrected chi connectivity index (χ0v) is 13.0. The molecule has 0 aliphatic carbocycles. The lowest BCUT2D eigenvalue weighted by molar-refractivity contribution is -0.870. The summed E-state index contributed by atoms with van der Waals surface area (Å²) in [5.41, 5.74) is 0. The van der Waals surface area contributed by atoms with Crippen LogP contribution in [0.15, 0.2) is 0 Å². The Bertz CT molecular complexity index is 178. The van der Waals surface area contributed by atoms with Gasteiger partial charge in [0.25, 0.3) is 0 Å². The second-order valence-electron chi connectivity index (χ2n) is 5.79. The van der Waals surface area contributed by atoms with Gasteiger partial charge in [-0.3, -0.25) is 5.32 Å². The van der Waals surface area contributed by atoms with Crippen molar-refractivity contribution in [3.8, 4) is 0 Å². The molecule has 1 unspecified atom stereocenters. The third kappa shape index (κ3) is 9.86. The summed E-state index contributed by atoms with van der Waals surface area (Å²) in [7, 11) is 3.43. The van der Waals surface area contributed by atoms with Crippen LogP contribution in [0.1, 0.15) is 71.6 Å². The van der Waals surface area contributed by atoms with Crippen LogP contribution in [0.2, 0.25) is 0 Å². The minimum Gasteiger partial charge on any atom is -0.632 e. The largest absolute Gasteiger partial charge is 0.632 e. The number of unbranched alkanes of at least 4 members (excludes halogenated alkanes) is 7. The summed E-state index contributed by atoms with van der Waals surface area (Å²) >= 11 is 0. The highest BCUT2D eigenvalue weighted by atomic mass is 16.5. The first kappa shape index (κ1) is 17.9. The van der Waals surface area contributed by atoms with E-state index in [0.717, 1.165) is 13.0 Å². The predicted octanol–water partition coefficient (Wildman–Crippen LogP) is 4.03. The van der Waals surface area contributed by atoms with Crippen LogP contribution in [-0.4, -0.2) is 31.5 Å². The highest BCUT2D eigenvalue weighted by Gasteiger charge is 2.16. The molecule has 0 bridgehead atoms. The third-order valence-electron chi connectivity index (χ3n) is 3.55. The maximum absolute atomic E-state index is 11.8. The summed E-state index contributed by atoms with van der Waals surface area (Å²) < 4.78 is -0.229. The van der Waals surface area contributed by atoms with E-state index in [9.17, 15) is 5.21 Å². The van der Waals surface area contributed by atoms with E-state index in [4.69, 9.17) is 0 Å². The zero-order chi connectivity index (χ0) is 13.9. The van der Waals surface area contributed by atoms with E-state index in [1.807, 2.05) is 0 Å². The van der Waals surface area contributed by atoms with Crippen molar-refractivity contribution in [2.45, 2.75) is 77.8 Å². The van der Waals surface area contributed by atoms with Crippen LogP contribution in [0.5, 0.6) is 0 Å². The quantitative estimate of drug-likeness (QED) is 0.248. The van der Waals surface area contributed by atoms with Crippen LogP contribution in [-0.2, 0) is 0 Å². The Morgan fingerprint density at radius 3 is 1.83 bits per heavy atom. The smallest absolute Gasteiger partial charge is 0.141 e. The number of hydrogen-bond acceptors (Lipinski definition) is 2. The lowest BCUT2D eigenvalue weighted by Gasteiger charge is -2.41. The number of nitrogens with zero attached hydrogens (tertiary/aromatic N) is 1. The second kappa shape index (κ2) is 10.8. The molecule has 3 heteroatoms. The molecule has 0 rings (SSSR count). The van der Waals surface area contributed by atoms with Crippen molar-refractivity contribution in [1.82, 2.24) is 5.32 Å². The number of nitrogens with one attached hydrogen (secondary N) is 1. The van der Waals surface area contributed by atoms with Crippen molar-refractivity contribution >= 4 is 0 Å². The standard InChI is InChI=1S/C15H34N2O/c1-5-7-8-9-10-11-12-13-14-16-15(6-2)17(3,4)18/h15-16H,5-14H2,1-4H3. The SMILES string of the molecule is CCCCCCCCCCNC(CC)[N+](C)(C)[O-]. The zero-order valence-electron chi connectivity index (χ0n) is 13.0. The molecule has 0 aromatic heterocycles. The second-order valence-corrected chi connectivity index (χ2v) is 5.79. The van der Waals surface area contributed by atoms with Crippen molar-refractivity contribution in [1.29, 1.82) is 0 Å². The Hall–Kier alpha value is -0.120. The Morgan fingerprint density at radius 1 is 0.889 bits per heavy atom. The van der Waals surface area contributed by atoms with Crippen molar-refractivity contribution in [3.63, 3.8) is 0 Å². The van der Waals surface area contributed by atoms with E-state index < -0.39 is 0 Å². The van der Waals surface area contributed by atoms with Gasteiger partial charge in [0.2, 0.25) is 0 Å². The van der Waals surface area contributed by atoms with Gasteiger partial charge in [0.15, 0.2) is 0 Å². The molecule has 0 aromatic carbocycles. The first-order chi connectivity index (χ1) is 8.52. The Kier molecular flexibility index (Phi) is 10.7. The molecule has 0 radical (unpaired) electrons. The molecule has 0 spiro atoms. The summed E-state index contributed by atoms with van der Waals surface area (Å²) in [6.45, 7) is 5.31. The van der Waals surface area contributed by atoms with Crippen LogP contribution in [0.3, 0.4) is 0 Å². The highest BCUT2D eigenvalue weighted by Crippen LogP contribution is 2.09. The van der Waals surface area contributed by atoms with Gasteiger partial charge in [-0.2, -0.15) is 0 Å². The average Bonchev–Trinajstić information content (AvgIpc) is 2.30. The minimum atomic E-state index is -0.229. The summed E-state index contributed by atoms with van der Waals surface area (Å²) in [5.74, 6) is 0. The van der Waals surface area contributed by atoms with Crippen LogP contribution >= 0.6 is 0 Å². The lowest BCUT2D eigenvalue weighted by Crippen LogP contribution is -2.52. The van der Waals surface area contributed by atoms with Gasteiger partial charge in [-0.25, -0.2) is 0 Å². The van der Waals surface area contributed by atoms with Gasteiger partial charge in [0.05, 0.1) is 14.1 Å². The topological polar surface area (TPSA) is 35.1 Å². The average molecular weight is 258 g/mol. The molecule has 0 saturated heterocycles. The van der Waals surface area contributed by atoms with Crippen LogP contribution in [0, 0.1) is 5.21 Å². The first-order valence-electron chi connectivity index (χ1n) is 7.80. The molecule has 0 fully saturated rings. The van der Waals surface area contributed by atoms with Crippen molar-refractivity contribution in [3.05, 3.63) is 5.21 Å². The summed E-state index contributed by atoms with van der Waals surface area (Å²) in [4.78, 5) is 0. The van der Waals surface area contributed by atoms with Crippen LogP contribution < -0.4 is 5.32 Å². The molecule has 0 aliphatic rings. The number of rotatable bonds is 12. The Balaban J connectivity index is 3.34. The molecular formula is C15H34N2O. The van der Waals surface area contributed by atoms with Crippen molar-refractivity contribution in [2.75, 3.05) is 20.6 Å². The molecule has 0 aliphatic heterocycles. The Morgan fingerprint density at radius 2 is 1.39 bits per heavy atom. The predicted molar refractivity (Wildman–Crippen MR) is 80.2 cm³/mol. The third-order valence-corrected chi connectivity index (χ3v) is 3.55. The molecule has 1 atom stereocenters. The van der Waals surface area contributed by atoms with Gasteiger partial charge in [-0.1, -0.05) is 58.8 Å². The molecule has 110 valence electrons. The van der Waals surface area contributed by atoms with E-state index in [2.05, 4.69) is 19.2 Å². The van der Waals surface area contributed by atoms with Gasteiger partial charge in [0, 0.05) is 13.0 Å². The molecule has 1 N–H and O–H groups in total. The molecule has 18 heavy (non-hydrogen) atoms. The maximum atomic E-state index is 11.8. The highest BCUT2D eigenvalue weighted by molar-refractivity contribution is 4.55. The molecular weight excluding hydrogens is 224 g/mol. The van der Waals surface area contributed by atoms with Crippen molar-refractivity contribution in [2.24, 2.45) is 0 Å². The minimum absolute atomic E-state index is 0.0505. The molecule has 0 heterocycles. The number of hydroxylamine groups is 3. The number of hydrogen-bond donors (Lipinski definition) is 1. The van der Waals surface area contributed by atoms with E-state index in [1.165, 1.54) is 51.4 Å². The van der Waals surface area contributed by atoms with Crippen LogP contribution in [0.25, 0.3) is 0 Å². The summed E-state index contributed by atoms with van der Waals surface area (Å²) in [6, 6.07) is 0. The monoisotopic (exact) mass is 258 g/mol. The summed E-state index contributed by atoms with van der Waals surface area (Å²) in [6.07, 6.45) is 11.7. The molecule has 0 saturated carbocycles. The molecule has 0 aromatic rings.